The smallest absolute Gasteiger partial charge is 0.183 e. The predicted octanol–water partition coefficient (Wildman–Crippen LogP) is 4.33. The Morgan fingerprint density at radius 3 is 2.79 bits per heavy atom. The van der Waals surface area contributed by atoms with Crippen molar-refractivity contribution in [3.05, 3.63) is 64.2 Å². The third kappa shape index (κ3) is 5.98. The monoisotopic (exact) mass is 468 g/mol. The number of hydrogen-bond acceptors (Lipinski definition) is 6. The van der Waals surface area contributed by atoms with E-state index < -0.39 is 9.84 Å². The molecule has 0 bridgehead atoms. The van der Waals surface area contributed by atoms with Crippen molar-refractivity contribution in [2.45, 2.75) is 20.8 Å². The van der Waals surface area contributed by atoms with E-state index >= 15 is 0 Å². The second kappa shape index (κ2) is 9.98. The van der Waals surface area contributed by atoms with E-state index in [2.05, 4.69) is 5.32 Å². The summed E-state index contributed by atoms with van der Waals surface area (Å²) in [6.45, 7) is 2.03. The van der Waals surface area contributed by atoms with Crippen molar-refractivity contribution in [1.29, 1.82) is 5.26 Å². The molecule has 5 nitrogen and oxygen atoms in total. The molecule has 0 aliphatic carbocycles. The fourth-order valence-corrected chi connectivity index (χ4v) is 5.80. The largest absolute Gasteiger partial charge is 0.372 e. The third-order valence-electron chi connectivity index (χ3n) is 4.14. The first-order chi connectivity index (χ1) is 13.9. The van der Waals surface area contributed by atoms with Crippen molar-refractivity contribution in [2.75, 3.05) is 25.4 Å². The van der Waals surface area contributed by atoms with Gasteiger partial charge in [-0.2, -0.15) is 5.26 Å². The van der Waals surface area contributed by atoms with Gasteiger partial charge in [0.25, 0.3) is 0 Å². The molecule has 1 atom stereocenters. The Morgan fingerprint density at radius 1 is 1.24 bits per heavy atom. The average Bonchev–Trinajstić information content (AvgIpc) is 2.71. The lowest BCUT2D eigenvalue weighted by atomic mass is 10.2. The second-order valence-corrected chi connectivity index (χ2v) is 10.2. The lowest BCUT2D eigenvalue weighted by Gasteiger charge is -2.20. The topological polar surface area (TPSA) is 79.2 Å². The molecular weight excluding hydrogens is 451 g/mol. The zero-order valence-electron chi connectivity index (χ0n) is 15.3. The van der Waals surface area contributed by atoms with E-state index in [-0.39, 0.29) is 22.3 Å². The van der Waals surface area contributed by atoms with E-state index in [1.54, 1.807) is 42.5 Å². The maximum Gasteiger partial charge on any atom is 0.183 e. The van der Waals surface area contributed by atoms with Crippen LogP contribution in [0.4, 0.5) is 0 Å². The highest BCUT2D eigenvalue weighted by Crippen LogP contribution is 2.38. The van der Waals surface area contributed by atoms with Gasteiger partial charge in [-0.25, -0.2) is 8.42 Å². The van der Waals surface area contributed by atoms with Crippen molar-refractivity contribution in [2.24, 2.45) is 0 Å². The van der Waals surface area contributed by atoms with Gasteiger partial charge in [-0.3, -0.25) is 0 Å². The Hall–Kier alpha value is -1.53. The van der Waals surface area contributed by atoms with Crippen LogP contribution in [0.3, 0.4) is 0 Å². The maximum atomic E-state index is 13.0. The minimum atomic E-state index is -3.68. The van der Waals surface area contributed by atoms with Crippen LogP contribution in [0.1, 0.15) is 5.56 Å². The fourth-order valence-electron chi connectivity index (χ4n) is 2.71. The summed E-state index contributed by atoms with van der Waals surface area (Å²) in [5.41, 5.74) is 0.272. The lowest BCUT2D eigenvalue weighted by molar-refractivity contribution is 0.0591. The molecule has 9 heteroatoms. The van der Waals surface area contributed by atoms with Crippen LogP contribution in [0, 0.1) is 11.3 Å². The van der Waals surface area contributed by atoms with E-state index in [0.717, 1.165) is 6.54 Å². The molecule has 0 aromatic heterocycles. The molecular formula is C20H18Cl2N2O3S2. The Morgan fingerprint density at radius 2 is 2.07 bits per heavy atom. The Labute approximate surface area is 184 Å². The van der Waals surface area contributed by atoms with Gasteiger partial charge in [0.1, 0.15) is 0 Å². The third-order valence-corrected chi connectivity index (χ3v) is 7.72. The van der Waals surface area contributed by atoms with Crippen LogP contribution in [0.25, 0.3) is 0 Å². The highest BCUT2D eigenvalue weighted by atomic mass is 35.5. The molecule has 1 aliphatic rings. The average molecular weight is 469 g/mol. The number of hydrogen-bond donors (Lipinski definition) is 1. The Balaban J connectivity index is 1.88. The number of halogens is 2. The molecule has 1 aliphatic heterocycles. The Kier molecular flexibility index (Phi) is 7.63. The maximum absolute atomic E-state index is 13.0. The number of ether oxygens (including phenoxy) is 1. The molecule has 1 unspecified atom stereocenters. The molecule has 1 fully saturated rings. The molecule has 1 saturated heterocycles. The van der Waals surface area contributed by atoms with E-state index in [1.807, 2.05) is 6.07 Å². The van der Waals surface area contributed by atoms with Crippen LogP contribution in [-0.2, 0) is 14.6 Å². The van der Waals surface area contributed by atoms with Gasteiger partial charge in [0.2, 0.25) is 0 Å². The number of rotatable bonds is 6. The number of nitriles is 1. The summed E-state index contributed by atoms with van der Waals surface area (Å²) in [6, 6.07) is 11.6. The molecule has 29 heavy (non-hydrogen) atoms. The van der Waals surface area contributed by atoms with Gasteiger partial charge in [-0.15, -0.1) is 0 Å². The first kappa shape index (κ1) is 22.2. The lowest BCUT2D eigenvalue weighted by Crippen LogP contribution is -2.37. The highest BCUT2D eigenvalue weighted by molar-refractivity contribution is 8.00. The highest BCUT2D eigenvalue weighted by Gasteiger charge is 2.20. The normalized spacial score (nSPS) is 17.3. The van der Waals surface area contributed by atoms with Crippen LogP contribution < -0.4 is 5.32 Å². The minimum absolute atomic E-state index is 0.0879. The minimum Gasteiger partial charge on any atom is -0.372 e. The number of morpholine rings is 1. The zero-order chi connectivity index (χ0) is 20.9. The van der Waals surface area contributed by atoms with Crippen molar-refractivity contribution in [1.82, 2.24) is 5.32 Å². The van der Waals surface area contributed by atoms with Gasteiger partial charge >= 0.3 is 0 Å². The quantitative estimate of drug-likeness (QED) is 0.635. The number of nitrogens with one attached hydrogen (secondary N) is 1. The molecule has 0 amide bonds. The van der Waals surface area contributed by atoms with Gasteiger partial charge in [0.15, 0.2) is 9.84 Å². The second-order valence-electron chi connectivity index (χ2n) is 6.27. The van der Waals surface area contributed by atoms with Crippen molar-refractivity contribution < 1.29 is 13.2 Å². The van der Waals surface area contributed by atoms with Gasteiger partial charge in [0.05, 0.1) is 40.0 Å². The molecule has 1 N–H and O–H groups in total. The summed E-state index contributed by atoms with van der Waals surface area (Å²) in [5.74, 6) is -0.196. The first-order valence-corrected chi connectivity index (χ1v) is 12.0. The molecule has 2 aromatic carbocycles. The van der Waals surface area contributed by atoms with Gasteiger partial charge in [0, 0.05) is 27.9 Å². The standard InChI is InChI=1S/C20H18Cl2N2O3S2/c21-15-4-5-17(22)19(11-15)28-18-6-3-14(12-23)10-20(18)29(25,26)9-1-2-16-13-24-7-8-27-16/h1-6,10-11,16,24H,7-9,13H2. The predicted molar refractivity (Wildman–Crippen MR) is 116 cm³/mol. The zero-order valence-corrected chi connectivity index (χ0v) is 18.4. The van der Waals surface area contributed by atoms with E-state index in [0.29, 0.717) is 33.0 Å². The molecule has 2 aromatic rings. The molecule has 0 radical (unpaired) electrons. The summed E-state index contributed by atoms with van der Waals surface area (Å²) < 4.78 is 31.6. The van der Waals surface area contributed by atoms with Gasteiger partial charge in [-0.1, -0.05) is 47.1 Å². The van der Waals surface area contributed by atoms with Crippen molar-refractivity contribution >= 4 is 44.8 Å². The van der Waals surface area contributed by atoms with Crippen LogP contribution in [0.15, 0.2) is 63.2 Å². The number of benzene rings is 2. The van der Waals surface area contributed by atoms with E-state index in [4.69, 9.17) is 27.9 Å². The summed E-state index contributed by atoms with van der Waals surface area (Å²) in [5, 5.41) is 13.4. The van der Waals surface area contributed by atoms with Crippen molar-refractivity contribution in [3.8, 4) is 6.07 Å². The Bertz CT molecular complexity index is 1060. The summed E-state index contributed by atoms with van der Waals surface area (Å²) in [4.78, 5) is 1.21. The summed E-state index contributed by atoms with van der Waals surface area (Å²) in [6.07, 6.45) is 3.19. The van der Waals surface area contributed by atoms with Gasteiger partial charge < -0.3 is 10.1 Å². The number of sulfone groups is 1. The van der Waals surface area contributed by atoms with Crippen molar-refractivity contribution in [3.63, 3.8) is 0 Å². The molecule has 1 heterocycles. The molecule has 0 spiro atoms. The molecule has 152 valence electrons. The van der Waals surface area contributed by atoms with E-state index in [9.17, 15) is 13.7 Å². The van der Waals surface area contributed by atoms with Crippen LogP contribution >= 0.6 is 35.0 Å². The van der Waals surface area contributed by atoms with E-state index in [1.165, 1.54) is 17.8 Å². The van der Waals surface area contributed by atoms with Gasteiger partial charge in [-0.05, 0) is 36.4 Å². The SMILES string of the molecule is N#Cc1ccc(Sc2cc(Cl)ccc2Cl)c(S(=O)(=O)CC=CC2CNCCO2)c1. The molecule has 0 saturated carbocycles. The van der Waals surface area contributed by atoms with Crippen LogP contribution in [0.5, 0.6) is 0 Å². The van der Waals surface area contributed by atoms with Crippen LogP contribution in [0.2, 0.25) is 10.0 Å². The first-order valence-electron chi connectivity index (χ1n) is 8.78. The summed E-state index contributed by atoms with van der Waals surface area (Å²) in [7, 11) is -3.68. The molecule has 3 rings (SSSR count). The van der Waals surface area contributed by atoms with Crippen LogP contribution in [-0.4, -0.2) is 40.0 Å². The fraction of sp³-hybridized carbons (Fsp3) is 0.250. The summed E-state index contributed by atoms with van der Waals surface area (Å²) >= 11 is 13.5. The number of nitrogens with zero attached hydrogens (tertiary/aromatic N) is 1.